The predicted molar refractivity (Wildman–Crippen MR) is 127 cm³/mol. The third kappa shape index (κ3) is 10.1. The number of nitrogens with zero attached hydrogens (tertiary/aromatic N) is 2. The second kappa shape index (κ2) is 11.7. The number of rotatable bonds is 1. The first-order valence-electron chi connectivity index (χ1n) is 10.0. The van der Waals surface area contributed by atoms with Gasteiger partial charge in [0, 0.05) is 37.1 Å². The van der Waals surface area contributed by atoms with Gasteiger partial charge in [0.2, 0.25) is 0 Å². The summed E-state index contributed by atoms with van der Waals surface area (Å²) in [6, 6.07) is 14.3. The Kier molecular flexibility index (Phi) is 9.85. The Morgan fingerprint density at radius 1 is 0.909 bits per heavy atom. The van der Waals surface area contributed by atoms with Gasteiger partial charge in [-0.1, -0.05) is 42.1 Å². The van der Waals surface area contributed by atoms with Crippen LogP contribution in [0.3, 0.4) is 0 Å². The summed E-state index contributed by atoms with van der Waals surface area (Å²) < 4.78 is 66.2. The van der Waals surface area contributed by atoms with E-state index in [0.717, 1.165) is 43.1 Å². The molecule has 2 aromatic rings. The average molecular weight is 521 g/mol. The number of benzene rings is 2. The van der Waals surface area contributed by atoms with Crippen LogP contribution in [0.5, 0.6) is 0 Å². The second-order valence-electron chi connectivity index (χ2n) is 7.89. The Morgan fingerprint density at radius 2 is 1.45 bits per heavy atom. The van der Waals surface area contributed by atoms with Gasteiger partial charge in [0.15, 0.2) is 0 Å². The average Bonchev–Trinajstić information content (AvgIpc) is 2.84. The van der Waals surface area contributed by atoms with Gasteiger partial charge in [0.1, 0.15) is 5.82 Å². The SMILES string of the molecule is CN1CCN(C2Cc3ccccc3Sc3c(F)cccc32)CC1.CS(=O)(=O)O.CS(=O)(=O)O. The molecule has 0 amide bonds. The van der Waals surface area contributed by atoms with Gasteiger partial charge < -0.3 is 4.90 Å². The van der Waals surface area contributed by atoms with Gasteiger partial charge in [0.05, 0.1) is 17.4 Å². The molecule has 1 fully saturated rings. The molecule has 8 nitrogen and oxygen atoms in total. The van der Waals surface area contributed by atoms with Gasteiger partial charge in [-0.3, -0.25) is 14.0 Å². The van der Waals surface area contributed by atoms with Crippen LogP contribution in [0.25, 0.3) is 0 Å². The van der Waals surface area contributed by atoms with Crippen molar-refractivity contribution in [2.24, 2.45) is 0 Å². The van der Waals surface area contributed by atoms with E-state index in [9.17, 15) is 21.2 Å². The van der Waals surface area contributed by atoms with E-state index in [1.54, 1.807) is 17.8 Å². The van der Waals surface area contributed by atoms with Gasteiger partial charge in [-0.15, -0.1) is 0 Å². The van der Waals surface area contributed by atoms with Crippen LogP contribution in [0.15, 0.2) is 52.3 Å². The molecule has 0 saturated carbocycles. The number of hydrogen-bond acceptors (Lipinski definition) is 7. The van der Waals surface area contributed by atoms with Crippen molar-refractivity contribution in [3.63, 3.8) is 0 Å². The van der Waals surface area contributed by atoms with E-state index in [1.165, 1.54) is 10.5 Å². The third-order valence-corrected chi connectivity index (χ3v) is 6.19. The maximum absolute atomic E-state index is 14.5. The lowest BCUT2D eigenvalue weighted by Gasteiger charge is -2.38. The second-order valence-corrected chi connectivity index (χ2v) is 11.9. The summed E-state index contributed by atoms with van der Waals surface area (Å²) in [6.07, 6.45) is 2.39. The van der Waals surface area contributed by atoms with E-state index in [4.69, 9.17) is 9.11 Å². The van der Waals surface area contributed by atoms with Gasteiger partial charge in [-0.25, -0.2) is 4.39 Å². The Morgan fingerprint density at radius 3 is 2.03 bits per heavy atom. The highest BCUT2D eigenvalue weighted by atomic mass is 32.2. The van der Waals surface area contributed by atoms with Crippen molar-refractivity contribution in [3.8, 4) is 0 Å². The fourth-order valence-corrected chi connectivity index (χ4v) is 4.69. The van der Waals surface area contributed by atoms with Crippen LogP contribution < -0.4 is 0 Å². The van der Waals surface area contributed by atoms with E-state index in [-0.39, 0.29) is 11.9 Å². The van der Waals surface area contributed by atoms with Crippen LogP contribution in [-0.4, -0.2) is 81.5 Å². The first kappa shape index (κ1) is 27.7. The van der Waals surface area contributed by atoms with Crippen molar-refractivity contribution < 1.29 is 30.3 Å². The number of likely N-dealkylation sites (N-methyl/N-ethyl adjacent to an activating group) is 1. The number of fused-ring (bicyclic) bond motifs is 2. The number of hydrogen-bond donors (Lipinski definition) is 2. The Hall–Kier alpha value is -1.54. The molecule has 2 aromatic carbocycles. The van der Waals surface area contributed by atoms with Crippen molar-refractivity contribution in [1.82, 2.24) is 9.80 Å². The lowest BCUT2D eigenvalue weighted by atomic mass is 9.96. The van der Waals surface area contributed by atoms with Crippen LogP contribution in [0.2, 0.25) is 0 Å². The molecule has 2 aliphatic heterocycles. The molecule has 0 aromatic heterocycles. The number of halogens is 1. The first-order chi connectivity index (χ1) is 15.2. The normalized spacial score (nSPS) is 19.0. The van der Waals surface area contributed by atoms with Crippen molar-refractivity contribution in [2.75, 3.05) is 45.7 Å². The molecule has 33 heavy (non-hydrogen) atoms. The summed E-state index contributed by atoms with van der Waals surface area (Å²) in [5.74, 6) is -0.0941. The summed E-state index contributed by atoms with van der Waals surface area (Å²) in [5, 5.41) is 0. The van der Waals surface area contributed by atoms with Gasteiger partial charge >= 0.3 is 0 Å². The van der Waals surface area contributed by atoms with Crippen molar-refractivity contribution in [2.45, 2.75) is 22.3 Å². The summed E-state index contributed by atoms with van der Waals surface area (Å²) in [4.78, 5) is 6.89. The molecular formula is C21H29FN2O6S3. The summed E-state index contributed by atoms with van der Waals surface area (Å²) in [7, 11) is -5.16. The van der Waals surface area contributed by atoms with E-state index < -0.39 is 20.2 Å². The molecule has 0 spiro atoms. The largest absolute Gasteiger partial charge is 0.304 e. The van der Waals surface area contributed by atoms with Crippen LogP contribution in [0.4, 0.5) is 4.39 Å². The van der Waals surface area contributed by atoms with Crippen LogP contribution >= 0.6 is 11.8 Å². The molecule has 0 aliphatic carbocycles. The van der Waals surface area contributed by atoms with Gasteiger partial charge in [-0.05, 0) is 36.7 Å². The smallest absolute Gasteiger partial charge is 0.261 e. The Balaban J connectivity index is 0.000000327. The molecule has 1 saturated heterocycles. The molecule has 12 heteroatoms. The zero-order chi connectivity index (χ0) is 24.8. The molecule has 4 rings (SSSR count). The molecule has 1 atom stereocenters. The van der Waals surface area contributed by atoms with E-state index in [0.29, 0.717) is 12.5 Å². The molecule has 0 bridgehead atoms. The fraction of sp³-hybridized carbons (Fsp3) is 0.429. The zero-order valence-corrected chi connectivity index (χ0v) is 21.1. The van der Waals surface area contributed by atoms with Crippen molar-refractivity contribution in [3.05, 3.63) is 59.4 Å². The summed E-state index contributed by atoms with van der Waals surface area (Å²) >= 11 is 1.59. The van der Waals surface area contributed by atoms with Crippen LogP contribution in [0, 0.1) is 5.82 Å². The highest BCUT2D eigenvalue weighted by Crippen LogP contribution is 2.43. The monoisotopic (exact) mass is 520 g/mol. The highest BCUT2D eigenvalue weighted by molar-refractivity contribution is 7.99. The van der Waals surface area contributed by atoms with Gasteiger partial charge in [-0.2, -0.15) is 16.8 Å². The molecule has 2 aliphatic rings. The molecule has 184 valence electrons. The van der Waals surface area contributed by atoms with Crippen LogP contribution in [-0.2, 0) is 26.7 Å². The molecule has 2 heterocycles. The molecule has 2 N–H and O–H groups in total. The van der Waals surface area contributed by atoms with Gasteiger partial charge in [0.25, 0.3) is 20.2 Å². The third-order valence-electron chi connectivity index (χ3n) is 4.93. The zero-order valence-electron chi connectivity index (χ0n) is 18.7. The number of piperazine rings is 1. The fourth-order valence-electron chi connectivity index (χ4n) is 3.56. The summed E-state index contributed by atoms with van der Waals surface area (Å²) in [5.41, 5.74) is 2.48. The highest BCUT2D eigenvalue weighted by Gasteiger charge is 2.30. The van der Waals surface area contributed by atoms with E-state index in [2.05, 4.69) is 41.1 Å². The minimum Gasteiger partial charge on any atom is -0.304 e. The maximum Gasteiger partial charge on any atom is 0.261 e. The first-order valence-corrected chi connectivity index (χ1v) is 14.6. The van der Waals surface area contributed by atoms with Crippen LogP contribution in [0.1, 0.15) is 17.2 Å². The lowest BCUT2D eigenvalue weighted by molar-refractivity contribution is 0.109. The van der Waals surface area contributed by atoms with E-state index in [1.807, 2.05) is 12.1 Å². The lowest BCUT2D eigenvalue weighted by Crippen LogP contribution is -2.46. The molecule has 0 radical (unpaired) electrons. The van der Waals surface area contributed by atoms with E-state index >= 15 is 0 Å². The maximum atomic E-state index is 14.5. The summed E-state index contributed by atoms with van der Waals surface area (Å²) in [6.45, 7) is 4.25. The Labute approximate surface area is 199 Å². The Bertz CT molecular complexity index is 1100. The van der Waals surface area contributed by atoms with Crippen molar-refractivity contribution in [1.29, 1.82) is 0 Å². The quantitative estimate of drug-likeness (QED) is 0.548. The minimum atomic E-state index is -3.67. The topological polar surface area (TPSA) is 115 Å². The standard InChI is InChI=1S/C19H21FN2S.2CH4O3S/c1-21-9-11-22(12-10-21)17-13-14-5-2-3-8-18(14)23-19-15(17)6-4-7-16(19)20;2*1-5(2,3)4/h2-8,17H,9-13H2,1H3;2*1H3,(H,2,3,4). The molecule has 1 unspecified atom stereocenters. The molecular weight excluding hydrogens is 491 g/mol. The van der Waals surface area contributed by atoms with Crippen molar-refractivity contribution >= 4 is 32.0 Å². The predicted octanol–water partition coefficient (Wildman–Crippen LogP) is 2.83. The minimum absolute atomic E-state index is 0.0941.